The van der Waals surface area contributed by atoms with Crippen molar-refractivity contribution in [1.82, 2.24) is 30.4 Å². The normalized spacial score (nSPS) is 13.9. The highest BCUT2D eigenvalue weighted by Gasteiger charge is 2.17. The molecule has 0 saturated carbocycles. The van der Waals surface area contributed by atoms with E-state index in [0.717, 1.165) is 49.0 Å². The number of carbonyl (C=O) groups excluding carboxylic acids is 1. The van der Waals surface area contributed by atoms with Gasteiger partial charge in [-0.05, 0) is 98.1 Å². The predicted octanol–water partition coefficient (Wildman–Crippen LogP) is 4.04. The number of hydrogen-bond donors (Lipinski definition) is 2. The summed E-state index contributed by atoms with van der Waals surface area (Å²) in [4.78, 5) is 15.2. The zero-order valence-electron chi connectivity index (χ0n) is 20.1. The Morgan fingerprint density at radius 1 is 1.09 bits per heavy atom. The molecule has 0 spiro atoms. The van der Waals surface area contributed by atoms with E-state index in [9.17, 15) is 9.90 Å². The van der Waals surface area contributed by atoms with Gasteiger partial charge in [-0.15, -0.1) is 5.10 Å². The molecule has 0 unspecified atom stereocenters. The number of tetrazole rings is 1. The molecule has 3 aromatic rings. The summed E-state index contributed by atoms with van der Waals surface area (Å²) in [5.74, 6) is 0.745. The minimum absolute atomic E-state index is 0.0985. The molecule has 1 aromatic heterocycles. The average Bonchev–Trinajstić information content (AvgIpc) is 3.53. The van der Waals surface area contributed by atoms with Gasteiger partial charge < -0.3 is 15.3 Å². The average molecular weight is 463 g/mol. The second kappa shape index (κ2) is 11.2. The fourth-order valence-electron chi connectivity index (χ4n) is 4.46. The third-order valence-electron chi connectivity index (χ3n) is 6.41. The van der Waals surface area contributed by atoms with Crippen LogP contribution in [0.3, 0.4) is 0 Å². The van der Waals surface area contributed by atoms with Crippen LogP contribution >= 0.6 is 0 Å². The lowest BCUT2D eigenvalue weighted by Gasteiger charge is -2.14. The van der Waals surface area contributed by atoms with Crippen molar-refractivity contribution in [2.24, 2.45) is 0 Å². The minimum atomic E-state index is -0.0985. The molecule has 0 bridgehead atoms. The number of phenolic OH excluding ortho intramolecular Hbond substituents is 1. The van der Waals surface area contributed by atoms with Crippen LogP contribution in [-0.4, -0.2) is 62.3 Å². The molecular formula is C26H34N6O2. The number of rotatable bonds is 10. The van der Waals surface area contributed by atoms with Crippen LogP contribution in [-0.2, 0) is 6.54 Å². The number of amides is 1. The Hall–Kier alpha value is -3.26. The number of unbranched alkanes of at least 4 members (excludes halogenated alkanes) is 1. The van der Waals surface area contributed by atoms with Crippen LogP contribution in [0.15, 0.2) is 36.4 Å². The molecule has 8 nitrogen and oxygen atoms in total. The topological polar surface area (TPSA) is 96.2 Å². The number of carbonyl (C=O) groups is 1. The van der Waals surface area contributed by atoms with Crippen LogP contribution in [0, 0.1) is 6.92 Å². The highest BCUT2D eigenvalue weighted by molar-refractivity contribution is 5.95. The number of likely N-dealkylation sites (tertiary alicyclic amines) is 1. The van der Waals surface area contributed by atoms with Gasteiger partial charge in [-0.2, -0.15) is 0 Å². The van der Waals surface area contributed by atoms with Crippen LogP contribution in [0.25, 0.3) is 22.5 Å². The first kappa shape index (κ1) is 23.9. The fourth-order valence-corrected chi connectivity index (χ4v) is 4.46. The van der Waals surface area contributed by atoms with Crippen molar-refractivity contribution in [3.05, 3.63) is 47.5 Å². The molecule has 34 heavy (non-hydrogen) atoms. The number of aryl methyl sites for hydroxylation is 2. The van der Waals surface area contributed by atoms with Crippen LogP contribution < -0.4 is 5.32 Å². The van der Waals surface area contributed by atoms with Gasteiger partial charge in [-0.3, -0.25) is 4.79 Å². The molecule has 2 aromatic carbocycles. The van der Waals surface area contributed by atoms with Crippen LogP contribution in [0.5, 0.6) is 5.75 Å². The number of aromatic hydroxyl groups is 1. The summed E-state index contributed by atoms with van der Waals surface area (Å²) in [5.41, 5.74) is 3.75. The molecule has 8 heteroatoms. The van der Waals surface area contributed by atoms with Gasteiger partial charge in [0.1, 0.15) is 5.75 Å². The van der Waals surface area contributed by atoms with Gasteiger partial charge in [0.05, 0.1) is 0 Å². The largest absolute Gasteiger partial charge is 0.507 e. The third-order valence-corrected chi connectivity index (χ3v) is 6.41. The first-order valence-electron chi connectivity index (χ1n) is 12.3. The Labute approximate surface area is 201 Å². The summed E-state index contributed by atoms with van der Waals surface area (Å²) >= 11 is 0. The van der Waals surface area contributed by atoms with Crippen molar-refractivity contribution in [2.45, 2.75) is 52.5 Å². The molecule has 4 rings (SSSR count). The summed E-state index contributed by atoms with van der Waals surface area (Å²) in [6, 6.07) is 11.0. The second-order valence-corrected chi connectivity index (χ2v) is 9.00. The van der Waals surface area contributed by atoms with Crippen molar-refractivity contribution in [3.8, 4) is 28.3 Å². The Morgan fingerprint density at radius 3 is 2.71 bits per heavy atom. The summed E-state index contributed by atoms with van der Waals surface area (Å²) < 4.78 is 1.80. The fraction of sp³-hybridized carbons (Fsp3) is 0.462. The third kappa shape index (κ3) is 5.62. The van der Waals surface area contributed by atoms with Gasteiger partial charge in [-0.25, -0.2) is 4.68 Å². The Bertz CT molecular complexity index is 1120. The minimum Gasteiger partial charge on any atom is -0.507 e. The molecule has 1 aliphatic heterocycles. The van der Waals surface area contributed by atoms with Crippen molar-refractivity contribution >= 4 is 5.91 Å². The molecule has 1 aliphatic rings. The number of nitrogens with one attached hydrogen (secondary N) is 1. The number of aromatic nitrogens is 4. The van der Waals surface area contributed by atoms with Crippen LogP contribution in [0.4, 0.5) is 0 Å². The molecular weight excluding hydrogens is 428 g/mol. The zero-order valence-corrected chi connectivity index (χ0v) is 20.1. The SMILES string of the molecule is CCCCn1nnnc1-c1cc(-c2cccc(C(=O)NCCCN3CCCC3)c2)c(O)cc1C. The molecule has 0 radical (unpaired) electrons. The molecule has 1 amide bonds. The maximum Gasteiger partial charge on any atom is 0.251 e. The lowest BCUT2D eigenvalue weighted by Crippen LogP contribution is -2.28. The van der Waals surface area contributed by atoms with Crippen molar-refractivity contribution < 1.29 is 9.90 Å². The van der Waals surface area contributed by atoms with E-state index in [1.807, 2.05) is 31.2 Å². The van der Waals surface area contributed by atoms with Crippen molar-refractivity contribution in [2.75, 3.05) is 26.2 Å². The van der Waals surface area contributed by atoms with Gasteiger partial charge >= 0.3 is 0 Å². The maximum atomic E-state index is 12.7. The van der Waals surface area contributed by atoms with Crippen LogP contribution in [0.1, 0.15) is 54.9 Å². The second-order valence-electron chi connectivity index (χ2n) is 9.00. The quantitative estimate of drug-likeness (QED) is 0.442. The van der Waals surface area contributed by atoms with Crippen molar-refractivity contribution in [1.29, 1.82) is 0 Å². The monoisotopic (exact) mass is 462 g/mol. The number of hydrogen-bond acceptors (Lipinski definition) is 6. The van der Waals surface area contributed by atoms with E-state index in [-0.39, 0.29) is 11.7 Å². The summed E-state index contributed by atoms with van der Waals surface area (Å²) in [6.07, 6.45) is 5.53. The van der Waals surface area contributed by atoms with E-state index in [4.69, 9.17) is 0 Å². The first-order chi connectivity index (χ1) is 16.6. The molecule has 1 saturated heterocycles. The standard InChI is InChI=1S/C26H34N6O2/c1-3-4-15-32-25(28-29-30-32)22-18-23(24(33)16-19(22)2)20-9-7-10-21(17-20)26(34)27-11-8-14-31-12-5-6-13-31/h7,9-10,16-18,33H,3-6,8,11-15H2,1-2H3,(H,27,34). The van der Waals surface area contributed by atoms with E-state index in [0.29, 0.717) is 23.5 Å². The van der Waals surface area contributed by atoms with E-state index < -0.39 is 0 Å². The predicted molar refractivity (Wildman–Crippen MR) is 133 cm³/mol. The zero-order chi connectivity index (χ0) is 23.9. The highest BCUT2D eigenvalue weighted by Crippen LogP contribution is 2.35. The first-order valence-corrected chi connectivity index (χ1v) is 12.3. The van der Waals surface area contributed by atoms with Gasteiger partial charge in [-0.1, -0.05) is 25.5 Å². The van der Waals surface area contributed by atoms with Crippen LogP contribution in [0.2, 0.25) is 0 Å². The van der Waals surface area contributed by atoms with E-state index in [2.05, 4.69) is 32.7 Å². The molecule has 180 valence electrons. The number of benzene rings is 2. The van der Waals surface area contributed by atoms with Gasteiger partial charge in [0.25, 0.3) is 5.91 Å². The number of nitrogens with zero attached hydrogens (tertiary/aromatic N) is 5. The maximum absolute atomic E-state index is 12.7. The van der Waals surface area contributed by atoms with Gasteiger partial charge in [0.2, 0.25) is 0 Å². The van der Waals surface area contributed by atoms with E-state index in [1.54, 1.807) is 16.8 Å². The van der Waals surface area contributed by atoms with E-state index in [1.165, 1.54) is 25.9 Å². The van der Waals surface area contributed by atoms with E-state index >= 15 is 0 Å². The summed E-state index contributed by atoms with van der Waals surface area (Å²) in [5, 5.41) is 26.0. The summed E-state index contributed by atoms with van der Waals surface area (Å²) in [6.45, 7) is 8.82. The molecule has 0 aliphatic carbocycles. The lowest BCUT2D eigenvalue weighted by atomic mass is 9.96. The molecule has 2 N–H and O–H groups in total. The Balaban J connectivity index is 1.51. The summed E-state index contributed by atoms with van der Waals surface area (Å²) in [7, 11) is 0. The van der Waals surface area contributed by atoms with Gasteiger partial charge in [0.15, 0.2) is 5.82 Å². The highest BCUT2D eigenvalue weighted by atomic mass is 16.3. The Kier molecular flexibility index (Phi) is 7.90. The van der Waals surface area contributed by atoms with Crippen molar-refractivity contribution in [3.63, 3.8) is 0 Å². The molecule has 0 atom stereocenters. The number of phenols is 1. The smallest absolute Gasteiger partial charge is 0.251 e. The Morgan fingerprint density at radius 2 is 1.91 bits per heavy atom. The molecule has 1 fully saturated rings. The molecule has 2 heterocycles. The van der Waals surface area contributed by atoms with Gasteiger partial charge in [0, 0.05) is 29.8 Å². The lowest BCUT2D eigenvalue weighted by molar-refractivity contribution is 0.0952.